The molecule has 4 rings (SSSR count). The third-order valence-corrected chi connectivity index (χ3v) is 5.27. The second-order valence-electron chi connectivity index (χ2n) is 7.07. The molecule has 0 fully saturated rings. The van der Waals surface area contributed by atoms with Crippen LogP contribution in [0.2, 0.25) is 0 Å². The minimum atomic E-state index is -0.0900. The van der Waals surface area contributed by atoms with Crippen LogP contribution in [0.3, 0.4) is 0 Å². The zero-order valence-corrected chi connectivity index (χ0v) is 17.0. The summed E-state index contributed by atoms with van der Waals surface area (Å²) in [5.74, 6) is 1.46. The summed E-state index contributed by atoms with van der Waals surface area (Å²) >= 11 is 0. The molecular weight excluding hydrogens is 378 g/mol. The van der Waals surface area contributed by atoms with Crippen LogP contribution >= 0.6 is 0 Å². The van der Waals surface area contributed by atoms with E-state index in [1.54, 1.807) is 24.9 Å². The van der Waals surface area contributed by atoms with Gasteiger partial charge in [0, 0.05) is 17.5 Å². The number of ether oxygens (including phenoxy) is 2. The predicted molar refractivity (Wildman–Crippen MR) is 118 cm³/mol. The molecule has 1 aromatic heterocycles. The van der Waals surface area contributed by atoms with Crippen molar-refractivity contribution < 1.29 is 14.6 Å². The molecule has 3 aromatic carbocycles. The summed E-state index contributed by atoms with van der Waals surface area (Å²) in [4.78, 5) is 13.1. The number of aromatic nitrogens is 1. The third kappa shape index (κ3) is 3.80. The molecule has 1 heterocycles. The van der Waals surface area contributed by atoms with Crippen molar-refractivity contribution in [2.24, 2.45) is 0 Å². The lowest BCUT2D eigenvalue weighted by Crippen LogP contribution is -2.21. The SMILES string of the molecule is COc1ccc(-c2cc(=O)n(Cc3ccc(CO)cc3)c3cc(OC)ccc23)cc1. The highest BCUT2D eigenvalue weighted by Gasteiger charge is 2.12. The first kappa shape index (κ1) is 19.7. The molecule has 0 saturated carbocycles. The number of rotatable bonds is 6. The number of hydrogen-bond acceptors (Lipinski definition) is 4. The fourth-order valence-electron chi connectivity index (χ4n) is 3.59. The molecule has 0 spiro atoms. The number of aliphatic hydroxyl groups excluding tert-OH is 1. The van der Waals surface area contributed by atoms with E-state index >= 15 is 0 Å². The lowest BCUT2D eigenvalue weighted by atomic mass is 10.0. The minimum Gasteiger partial charge on any atom is -0.497 e. The molecule has 0 radical (unpaired) electrons. The third-order valence-electron chi connectivity index (χ3n) is 5.27. The molecule has 152 valence electrons. The van der Waals surface area contributed by atoms with E-state index < -0.39 is 0 Å². The molecule has 5 heteroatoms. The summed E-state index contributed by atoms with van der Waals surface area (Å²) in [5, 5.41) is 10.2. The molecular formula is C25H23NO4. The Hall–Kier alpha value is -3.57. The van der Waals surface area contributed by atoms with Crippen LogP contribution in [-0.4, -0.2) is 23.9 Å². The number of aliphatic hydroxyl groups is 1. The molecule has 1 N–H and O–H groups in total. The van der Waals surface area contributed by atoms with Crippen LogP contribution in [0.4, 0.5) is 0 Å². The maximum absolute atomic E-state index is 13.1. The molecule has 5 nitrogen and oxygen atoms in total. The first-order valence-electron chi connectivity index (χ1n) is 9.67. The average molecular weight is 401 g/mol. The number of fused-ring (bicyclic) bond motifs is 1. The second kappa shape index (κ2) is 8.43. The molecule has 0 aliphatic rings. The molecule has 0 bridgehead atoms. The van der Waals surface area contributed by atoms with E-state index in [0.29, 0.717) is 12.3 Å². The maximum Gasteiger partial charge on any atom is 0.251 e. The van der Waals surface area contributed by atoms with Crippen molar-refractivity contribution in [3.63, 3.8) is 0 Å². The normalized spacial score (nSPS) is 10.9. The summed E-state index contributed by atoms with van der Waals surface area (Å²) in [6.07, 6.45) is 0. The van der Waals surface area contributed by atoms with Gasteiger partial charge in [0.05, 0.1) is 32.9 Å². The predicted octanol–water partition coefficient (Wildman–Crippen LogP) is 4.23. The van der Waals surface area contributed by atoms with E-state index in [9.17, 15) is 9.90 Å². The van der Waals surface area contributed by atoms with Gasteiger partial charge in [-0.2, -0.15) is 0 Å². The van der Waals surface area contributed by atoms with Gasteiger partial charge >= 0.3 is 0 Å². The van der Waals surface area contributed by atoms with Crippen LogP contribution in [0, 0.1) is 0 Å². The van der Waals surface area contributed by atoms with Crippen LogP contribution in [0.25, 0.3) is 22.0 Å². The van der Waals surface area contributed by atoms with Gasteiger partial charge in [-0.05, 0) is 46.5 Å². The van der Waals surface area contributed by atoms with Crippen molar-refractivity contribution in [1.29, 1.82) is 0 Å². The van der Waals surface area contributed by atoms with Crippen molar-refractivity contribution >= 4 is 10.9 Å². The molecule has 0 aliphatic carbocycles. The van der Waals surface area contributed by atoms with E-state index in [-0.39, 0.29) is 12.2 Å². The molecule has 0 saturated heterocycles. The van der Waals surface area contributed by atoms with Gasteiger partial charge in [-0.3, -0.25) is 4.79 Å². The van der Waals surface area contributed by atoms with Gasteiger partial charge in [0.1, 0.15) is 11.5 Å². The number of nitrogens with zero attached hydrogens (tertiary/aromatic N) is 1. The Labute approximate surface area is 174 Å². The second-order valence-corrected chi connectivity index (χ2v) is 7.07. The fraction of sp³-hybridized carbons (Fsp3) is 0.160. The van der Waals surface area contributed by atoms with Gasteiger partial charge in [0.25, 0.3) is 5.56 Å². The summed E-state index contributed by atoms with van der Waals surface area (Å²) in [6, 6.07) is 22.7. The Morgan fingerprint density at radius 3 is 2.07 bits per heavy atom. The number of hydrogen-bond donors (Lipinski definition) is 1. The van der Waals surface area contributed by atoms with Crippen molar-refractivity contribution in [3.05, 3.63) is 94.3 Å². The van der Waals surface area contributed by atoms with E-state index in [0.717, 1.165) is 38.9 Å². The molecule has 30 heavy (non-hydrogen) atoms. The zero-order chi connectivity index (χ0) is 21.1. The van der Waals surface area contributed by atoms with Crippen LogP contribution in [0.1, 0.15) is 11.1 Å². The zero-order valence-electron chi connectivity index (χ0n) is 17.0. The first-order chi connectivity index (χ1) is 14.6. The Bertz CT molecular complexity index is 1230. The van der Waals surface area contributed by atoms with Crippen molar-refractivity contribution in [2.75, 3.05) is 14.2 Å². The summed E-state index contributed by atoms with van der Waals surface area (Å²) < 4.78 is 12.4. The maximum atomic E-state index is 13.1. The Balaban J connectivity index is 1.87. The smallest absolute Gasteiger partial charge is 0.251 e. The number of pyridine rings is 1. The van der Waals surface area contributed by atoms with Gasteiger partial charge in [-0.25, -0.2) is 0 Å². The highest BCUT2D eigenvalue weighted by atomic mass is 16.5. The summed E-state index contributed by atoms with van der Waals surface area (Å²) in [5.41, 5.74) is 4.35. The Morgan fingerprint density at radius 2 is 1.43 bits per heavy atom. The van der Waals surface area contributed by atoms with Crippen molar-refractivity contribution in [3.8, 4) is 22.6 Å². The van der Waals surface area contributed by atoms with Crippen molar-refractivity contribution in [1.82, 2.24) is 4.57 Å². The number of methoxy groups -OCH3 is 2. The lowest BCUT2D eigenvalue weighted by Gasteiger charge is -2.15. The minimum absolute atomic E-state index is 0.00306. The highest BCUT2D eigenvalue weighted by Crippen LogP contribution is 2.31. The topological polar surface area (TPSA) is 60.7 Å². The van der Waals surface area contributed by atoms with Crippen LogP contribution in [-0.2, 0) is 13.2 Å². The van der Waals surface area contributed by atoms with Crippen LogP contribution < -0.4 is 15.0 Å². The fourth-order valence-corrected chi connectivity index (χ4v) is 3.59. The van der Waals surface area contributed by atoms with E-state index in [4.69, 9.17) is 9.47 Å². The van der Waals surface area contributed by atoms with Crippen LogP contribution in [0.5, 0.6) is 11.5 Å². The summed E-state index contributed by atoms with van der Waals surface area (Å²) in [7, 11) is 3.25. The van der Waals surface area contributed by atoms with Crippen molar-refractivity contribution in [2.45, 2.75) is 13.2 Å². The van der Waals surface area contributed by atoms with Gasteiger partial charge in [-0.15, -0.1) is 0 Å². The largest absolute Gasteiger partial charge is 0.497 e. The monoisotopic (exact) mass is 401 g/mol. The van der Waals surface area contributed by atoms with E-state index in [1.165, 1.54) is 0 Å². The van der Waals surface area contributed by atoms with E-state index in [2.05, 4.69) is 0 Å². The van der Waals surface area contributed by atoms with Gasteiger partial charge in [0.2, 0.25) is 0 Å². The summed E-state index contributed by atoms with van der Waals surface area (Å²) in [6.45, 7) is 0.425. The molecule has 0 aliphatic heterocycles. The standard InChI is InChI=1S/C25H23NO4/c1-29-20-9-7-19(8-10-20)23-14-25(28)26(15-17-3-5-18(16-27)6-4-17)24-13-21(30-2)11-12-22(23)24/h3-14,27H,15-16H2,1-2H3. The lowest BCUT2D eigenvalue weighted by molar-refractivity contribution is 0.282. The van der Waals surface area contributed by atoms with Gasteiger partial charge in [-0.1, -0.05) is 36.4 Å². The average Bonchev–Trinajstić information content (AvgIpc) is 2.80. The first-order valence-corrected chi connectivity index (χ1v) is 9.67. The quantitative estimate of drug-likeness (QED) is 0.525. The molecule has 0 amide bonds. The Kier molecular flexibility index (Phi) is 5.55. The Morgan fingerprint density at radius 1 is 0.800 bits per heavy atom. The highest BCUT2D eigenvalue weighted by molar-refractivity contribution is 5.95. The van der Waals surface area contributed by atoms with Crippen LogP contribution in [0.15, 0.2) is 77.6 Å². The molecule has 0 atom stereocenters. The molecule has 4 aromatic rings. The van der Waals surface area contributed by atoms with Gasteiger partial charge in [0.15, 0.2) is 0 Å². The van der Waals surface area contributed by atoms with E-state index in [1.807, 2.05) is 66.7 Å². The molecule has 0 unspecified atom stereocenters. The number of benzene rings is 3. The van der Waals surface area contributed by atoms with Gasteiger partial charge < -0.3 is 19.1 Å².